The molecule has 0 saturated heterocycles. The van der Waals surface area contributed by atoms with Gasteiger partial charge in [-0.2, -0.15) is 0 Å². The summed E-state index contributed by atoms with van der Waals surface area (Å²) < 4.78 is 0. The average molecular weight is 249 g/mol. The lowest BCUT2D eigenvalue weighted by Gasteiger charge is -2.28. The van der Waals surface area contributed by atoms with E-state index in [0.717, 1.165) is 25.7 Å². The fourth-order valence-electron chi connectivity index (χ4n) is 3.78. The van der Waals surface area contributed by atoms with Crippen LogP contribution in [0.1, 0.15) is 38.5 Å². The smallest absolute Gasteiger partial charge is 0.329 e. The molecule has 4 heteroatoms. The molecule has 0 aromatic rings. The summed E-state index contributed by atoms with van der Waals surface area (Å²) in [6.07, 6.45) is 9.21. The van der Waals surface area contributed by atoms with Gasteiger partial charge < -0.3 is 10.4 Å². The summed E-state index contributed by atoms with van der Waals surface area (Å²) in [7, 11) is 0. The highest BCUT2D eigenvalue weighted by molar-refractivity contribution is 5.88. The zero-order valence-corrected chi connectivity index (χ0v) is 10.4. The second-order valence-electron chi connectivity index (χ2n) is 5.97. The summed E-state index contributed by atoms with van der Waals surface area (Å²) in [6, 6.07) is 0. The molecule has 2 bridgehead atoms. The minimum atomic E-state index is -0.984. The summed E-state index contributed by atoms with van der Waals surface area (Å²) in [5.74, 6) is -0.0441. The zero-order valence-electron chi connectivity index (χ0n) is 10.4. The molecule has 2 saturated carbocycles. The highest BCUT2D eigenvalue weighted by Gasteiger charge is 2.46. The van der Waals surface area contributed by atoms with Crippen LogP contribution in [-0.2, 0) is 9.59 Å². The van der Waals surface area contributed by atoms with Crippen molar-refractivity contribution in [3.8, 4) is 0 Å². The van der Waals surface area contributed by atoms with Crippen LogP contribution in [0.3, 0.4) is 0 Å². The lowest BCUT2D eigenvalue weighted by atomic mass is 9.90. The predicted molar refractivity (Wildman–Crippen MR) is 65.8 cm³/mol. The average Bonchev–Trinajstić information content (AvgIpc) is 3.04. The molecular formula is C14H19NO3. The Kier molecular flexibility index (Phi) is 2.68. The first-order valence-corrected chi connectivity index (χ1v) is 6.84. The minimum absolute atomic E-state index is 0.00294. The zero-order chi connectivity index (χ0) is 12.8. The van der Waals surface area contributed by atoms with Gasteiger partial charge in [0.1, 0.15) is 5.54 Å². The van der Waals surface area contributed by atoms with Gasteiger partial charge in [-0.3, -0.25) is 4.79 Å². The van der Waals surface area contributed by atoms with Crippen LogP contribution in [-0.4, -0.2) is 22.5 Å². The maximum absolute atomic E-state index is 12.3. The number of fused-ring (bicyclic) bond motifs is 2. The third-order valence-electron chi connectivity index (χ3n) is 4.84. The molecule has 0 radical (unpaired) electrons. The van der Waals surface area contributed by atoms with Gasteiger partial charge >= 0.3 is 5.97 Å². The van der Waals surface area contributed by atoms with Crippen molar-refractivity contribution in [3.63, 3.8) is 0 Å². The molecule has 0 spiro atoms. The van der Waals surface area contributed by atoms with Crippen molar-refractivity contribution in [1.29, 1.82) is 0 Å². The molecule has 0 aliphatic heterocycles. The summed E-state index contributed by atoms with van der Waals surface area (Å²) in [5, 5.41) is 12.2. The Bertz CT molecular complexity index is 409. The summed E-state index contributed by atoms with van der Waals surface area (Å²) in [4.78, 5) is 23.7. The van der Waals surface area contributed by atoms with Gasteiger partial charge in [0.25, 0.3) is 0 Å². The van der Waals surface area contributed by atoms with Gasteiger partial charge in [-0.05, 0) is 37.5 Å². The second-order valence-corrected chi connectivity index (χ2v) is 5.97. The number of carbonyl (C=O) groups is 2. The van der Waals surface area contributed by atoms with Crippen molar-refractivity contribution < 1.29 is 14.7 Å². The minimum Gasteiger partial charge on any atom is -0.480 e. The molecule has 3 unspecified atom stereocenters. The van der Waals surface area contributed by atoms with Crippen molar-refractivity contribution in [2.75, 3.05) is 0 Å². The van der Waals surface area contributed by atoms with E-state index >= 15 is 0 Å². The Morgan fingerprint density at radius 3 is 2.39 bits per heavy atom. The van der Waals surface area contributed by atoms with Crippen LogP contribution in [0.2, 0.25) is 0 Å². The fraction of sp³-hybridized carbons (Fsp3) is 0.714. The van der Waals surface area contributed by atoms with E-state index < -0.39 is 11.5 Å². The molecule has 0 heterocycles. The number of carbonyl (C=O) groups excluding carboxylic acids is 1. The highest BCUT2D eigenvalue weighted by atomic mass is 16.4. The summed E-state index contributed by atoms with van der Waals surface area (Å²) in [5.41, 5.74) is -0.984. The third kappa shape index (κ3) is 1.74. The SMILES string of the molecule is O=C(NC1(C(=O)O)CCCC1)C1CC2C=CC1C2. The Morgan fingerprint density at radius 2 is 1.89 bits per heavy atom. The number of aliphatic carboxylic acids is 1. The number of carboxylic acids is 1. The summed E-state index contributed by atoms with van der Waals surface area (Å²) in [6.45, 7) is 0. The number of allylic oxidation sites excluding steroid dienone is 2. The Hall–Kier alpha value is -1.32. The first-order valence-electron chi connectivity index (χ1n) is 6.84. The van der Waals surface area contributed by atoms with E-state index in [2.05, 4.69) is 17.5 Å². The van der Waals surface area contributed by atoms with E-state index in [1.165, 1.54) is 0 Å². The molecule has 98 valence electrons. The molecule has 0 aromatic heterocycles. The van der Waals surface area contributed by atoms with Crippen molar-refractivity contribution in [2.45, 2.75) is 44.1 Å². The van der Waals surface area contributed by atoms with E-state index in [9.17, 15) is 14.7 Å². The molecule has 3 aliphatic rings. The Balaban J connectivity index is 1.70. The van der Waals surface area contributed by atoms with Crippen molar-refractivity contribution in [3.05, 3.63) is 12.2 Å². The van der Waals surface area contributed by atoms with E-state index in [-0.39, 0.29) is 11.8 Å². The number of amides is 1. The van der Waals surface area contributed by atoms with Crippen LogP contribution >= 0.6 is 0 Å². The molecule has 4 nitrogen and oxygen atoms in total. The molecule has 3 atom stereocenters. The lowest BCUT2D eigenvalue weighted by Crippen LogP contribution is -2.54. The second kappa shape index (κ2) is 4.11. The fourth-order valence-corrected chi connectivity index (χ4v) is 3.78. The Morgan fingerprint density at radius 1 is 1.17 bits per heavy atom. The molecular weight excluding hydrogens is 230 g/mol. The van der Waals surface area contributed by atoms with Crippen molar-refractivity contribution in [2.24, 2.45) is 17.8 Å². The highest BCUT2D eigenvalue weighted by Crippen LogP contribution is 2.44. The first kappa shape index (κ1) is 11.8. The van der Waals surface area contributed by atoms with Gasteiger partial charge in [0.15, 0.2) is 0 Å². The van der Waals surface area contributed by atoms with E-state index in [1.54, 1.807) is 0 Å². The lowest BCUT2D eigenvalue weighted by molar-refractivity contribution is -0.148. The largest absolute Gasteiger partial charge is 0.480 e. The van der Waals surface area contributed by atoms with Gasteiger partial charge in [0.05, 0.1) is 0 Å². The number of rotatable bonds is 3. The normalized spacial score (nSPS) is 35.9. The van der Waals surface area contributed by atoms with E-state index in [0.29, 0.717) is 24.7 Å². The van der Waals surface area contributed by atoms with Crippen LogP contribution in [0.15, 0.2) is 12.2 Å². The van der Waals surface area contributed by atoms with Crippen molar-refractivity contribution in [1.82, 2.24) is 5.32 Å². The third-order valence-corrected chi connectivity index (χ3v) is 4.84. The first-order chi connectivity index (χ1) is 8.61. The summed E-state index contributed by atoms with van der Waals surface area (Å²) >= 11 is 0. The maximum atomic E-state index is 12.3. The molecule has 2 fully saturated rings. The molecule has 3 rings (SSSR count). The molecule has 3 aliphatic carbocycles. The van der Waals surface area contributed by atoms with Gasteiger partial charge in [-0.25, -0.2) is 4.79 Å². The molecule has 2 N–H and O–H groups in total. The van der Waals surface area contributed by atoms with Crippen LogP contribution in [0.25, 0.3) is 0 Å². The van der Waals surface area contributed by atoms with Crippen molar-refractivity contribution >= 4 is 11.9 Å². The van der Waals surface area contributed by atoms with Crippen LogP contribution in [0.5, 0.6) is 0 Å². The van der Waals surface area contributed by atoms with Gasteiger partial charge in [-0.1, -0.05) is 25.0 Å². The van der Waals surface area contributed by atoms with E-state index in [1.807, 2.05) is 0 Å². The standard InChI is InChI=1S/C14H19NO3/c16-12(11-8-9-3-4-10(11)7-9)15-14(13(17)18)5-1-2-6-14/h3-4,9-11H,1-2,5-8H2,(H,15,16)(H,17,18). The maximum Gasteiger partial charge on any atom is 0.329 e. The number of carboxylic acid groups (broad SMARTS) is 1. The number of hydrogen-bond donors (Lipinski definition) is 2. The van der Waals surface area contributed by atoms with Gasteiger partial charge in [0, 0.05) is 5.92 Å². The van der Waals surface area contributed by atoms with Crippen LogP contribution in [0.4, 0.5) is 0 Å². The van der Waals surface area contributed by atoms with Crippen LogP contribution in [0, 0.1) is 17.8 Å². The quantitative estimate of drug-likeness (QED) is 0.748. The molecule has 0 aromatic carbocycles. The number of nitrogens with one attached hydrogen (secondary N) is 1. The molecule has 1 amide bonds. The topological polar surface area (TPSA) is 66.4 Å². The van der Waals surface area contributed by atoms with E-state index in [4.69, 9.17) is 0 Å². The van der Waals surface area contributed by atoms with Gasteiger partial charge in [-0.15, -0.1) is 0 Å². The predicted octanol–water partition coefficient (Wildman–Crippen LogP) is 1.71. The number of hydrogen-bond acceptors (Lipinski definition) is 2. The molecule has 18 heavy (non-hydrogen) atoms. The Labute approximate surface area is 106 Å². The monoisotopic (exact) mass is 249 g/mol. The van der Waals surface area contributed by atoms with Crippen LogP contribution < -0.4 is 5.32 Å². The van der Waals surface area contributed by atoms with Gasteiger partial charge in [0.2, 0.25) is 5.91 Å².